The van der Waals surface area contributed by atoms with Crippen molar-refractivity contribution in [1.29, 1.82) is 0 Å². The molecule has 0 aromatic carbocycles. The Morgan fingerprint density at radius 1 is 0.500 bits per heavy atom. The molecule has 0 rings (SSSR count). The standard InChI is InChI=1S/C5H3F12P/c6-1(7,2(8,9)4(12,13)14)3(10,11)5(15,16)18-17/h18H3. The first-order chi connectivity index (χ1) is 7.56. The Bertz CT molecular complexity index is 302. The first-order valence-electron chi connectivity index (χ1n) is 3.70. The zero-order chi connectivity index (χ0) is 15.2. The van der Waals surface area contributed by atoms with Gasteiger partial charge in [0, 0.05) is 0 Å². The van der Waals surface area contributed by atoms with E-state index in [4.69, 9.17) is 0 Å². The molecule has 0 amide bonds. The molecule has 0 aromatic heterocycles. The summed E-state index contributed by atoms with van der Waals surface area (Å²) in [4.78, 5) is 0. The van der Waals surface area contributed by atoms with Crippen molar-refractivity contribution in [2.24, 2.45) is 0 Å². The molecule has 0 aromatic rings. The van der Waals surface area contributed by atoms with Gasteiger partial charge in [0.05, 0.1) is 0 Å². The van der Waals surface area contributed by atoms with Crippen molar-refractivity contribution in [3.05, 3.63) is 0 Å². The van der Waals surface area contributed by atoms with E-state index in [1.165, 1.54) is 0 Å². The van der Waals surface area contributed by atoms with E-state index in [0.29, 0.717) is 0 Å². The van der Waals surface area contributed by atoms with Crippen LogP contribution in [0.2, 0.25) is 0 Å². The minimum atomic E-state index is -7.49. The monoisotopic (exact) mass is 322 g/mol. The first-order valence-corrected chi connectivity index (χ1v) is 4.94. The van der Waals surface area contributed by atoms with Crippen molar-refractivity contribution < 1.29 is 52.5 Å². The molecule has 0 unspecified atom stereocenters. The molecule has 0 atom stereocenters. The van der Waals surface area contributed by atoms with E-state index in [2.05, 4.69) is 0 Å². The van der Waals surface area contributed by atoms with Crippen molar-refractivity contribution in [2.45, 2.75) is 29.6 Å². The summed E-state index contributed by atoms with van der Waals surface area (Å²) in [5.41, 5.74) is -6.24. The van der Waals surface area contributed by atoms with Crippen LogP contribution in [0.15, 0.2) is 0 Å². The Kier molecular flexibility index (Phi) is 4.21. The van der Waals surface area contributed by atoms with Crippen LogP contribution >= 0.6 is 8.89 Å². The molecule has 112 valence electrons. The van der Waals surface area contributed by atoms with Gasteiger partial charge in [-0.05, 0) is 0 Å². The molecule has 0 radical (unpaired) electrons. The van der Waals surface area contributed by atoms with E-state index < -0.39 is 38.5 Å². The Hall–Kier alpha value is -0.410. The van der Waals surface area contributed by atoms with E-state index in [1.54, 1.807) is 0 Å². The molecule has 0 aliphatic carbocycles. The molecule has 0 fully saturated rings. The van der Waals surface area contributed by atoms with Gasteiger partial charge in [-0.15, -0.1) is 0 Å². The molecule has 0 aliphatic rings. The van der Waals surface area contributed by atoms with Crippen LogP contribution in [-0.2, 0) is 0 Å². The van der Waals surface area contributed by atoms with Gasteiger partial charge in [-0.3, -0.25) is 0 Å². The van der Waals surface area contributed by atoms with Crippen LogP contribution in [0, 0.1) is 0 Å². The van der Waals surface area contributed by atoms with E-state index >= 15 is 0 Å². The summed E-state index contributed by atoms with van der Waals surface area (Å²) >= 11 is 0. The second-order valence-electron chi connectivity index (χ2n) is 3.06. The summed E-state index contributed by atoms with van der Waals surface area (Å²) in [6.07, 6.45) is -7.20. The van der Waals surface area contributed by atoms with Crippen molar-refractivity contribution in [1.82, 2.24) is 0 Å². The molecule has 0 nitrogen and oxygen atoms in total. The third-order valence-corrected chi connectivity index (χ3v) is 2.55. The second kappa shape index (κ2) is 4.31. The summed E-state index contributed by atoms with van der Waals surface area (Å²) < 4.78 is 144. The fourth-order valence-corrected chi connectivity index (χ4v) is 1.08. The van der Waals surface area contributed by atoms with Crippen molar-refractivity contribution in [2.75, 3.05) is 0 Å². The molecule has 0 bridgehead atoms. The molecular weight excluding hydrogens is 319 g/mol. The van der Waals surface area contributed by atoms with E-state index in [0.717, 1.165) is 0 Å². The van der Waals surface area contributed by atoms with Crippen LogP contribution < -0.4 is 0 Å². The fourth-order valence-electron chi connectivity index (χ4n) is 0.689. The molecule has 0 saturated carbocycles. The summed E-state index contributed by atoms with van der Waals surface area (Å²) in [5.74, 6) is -22.1. The maximum atomic E-state index is 12.3. The topological polar surface area (TPSA) is 0 Å². The Morgan fingerprint density at radius 3 is 1.06 bits per heavy atom. The van der Waals surface area contributed by atoms with Gasteiger partial charge in [0.15, 0.2) is 0 Å². The van der Waals surface area contributed by atoms with Gasteiger partial charge in [0.2, 0.25) is 0 Å². The average Bonchev–Trinajstić information content (AvgIpc) is 2.15. The zero-order valence-electron chi connectivity index (χ0n) is 7.74. The van der Waals surface area contributed by atoms with Gasteiger partial charge in [-0.25, -0.2) is 0 Å². The third kappa shape index (κ3) is 2.23. The molecule has 0 N–H and O–H groups in total. The van der Waals surface area contributed by atoms with E-state index in [1.807, 2.05) is 0 Å². The Balaban J connectivity index is 5.80. The number of halogens is 12. The number of rotatable bonds is 4. The first kappa shape index (κ1) is 17.6. The average molecular weight is 322 g/mol. The van der Waals surface area contributed by atoms with Crippen molar-refractivity contribution >= 4 is 8.89 Å². The summed E-state index contributed by atoms with van der Waals surface area (Å²) in [7, 11) is -4.81. The third-order valence-electron chi connectivity index (χ3n) is 1.77. The van der Waals surface area contributed by atoms with Crippen LogP contribution in [0.3, 0.4) is 0 Å². The quantitative estimate of drug-likeness (QED) is 0.541. The number of hydrogen-bond donors (Lipinski definition) is 0. The second-order valence-corrected chi connectivity index (χ2v) is 4.21. The van der Waals surface area contributed by atoms with Crippen LogP contribution in [0.5, 0.6) is 0 Å². The van der Waals surface area contributed by atoms with Crippen molar-refractivity contribution in [3.63, 3.8) is 0 Å². The van der Waals surface area contributed by atoms with E-state index in [-0.39, 0.29) is 0 Å². The molecule has 0 saturated heterocycles. The Morgan fingerprint density at radius 2 is 0.833 bits per heavy atom. The fraction of sp³-hybridized carbons (Fsp3) is 1.00. The van der Waals surface area contributed by atoms with Crippen molar-refractivity contribution in [3.8, 4) is 0 Å². The van der Waals surface area contributed by atoms with Gasteiger partial charge in [-0.2, -0.15) is 0 Å². The van der Waals surface area contributed by atoms with Crippen LogP contribution in [0.1, 0.15) is 0 Å². The molecule has 0 spiro atoms. The zero-order valence-corrected chi connectivity index (χ0v) is 9.16. The van der Waals surface area contributed by atoms with Crippen LogP contribution in [0.4, 0.5) is 52.5 Å². The van der Waals surface area contributed by atoms with Gasteiger partial charge >= 0.3 is 91.0 Å². The molecule has 18 heavy (non-hydrogen) atoms. The van der Waals surface area contributed by atoms with Gasteiger partial charge < -0.3 is 0 Å². The van der Waals surface area contributed by atoms with Gasteiger partial charge in [0.1, 0.15) is 0 Å². The van der Waals surface area contributed by atoms with E-state index in [9.17, 15) is 52.5 Å². The van der Waals surface area contributed by atoms with Crippen LogP contribution in [0.25, 0.3) is 0 Å². The SMILES string of the molecule is F[PH3]C(F)(F)C(F)(F)C(F)(F)C(F)(F)C(F)(F)F. The summed E-state index contributed by atoms with van der Waals surface area (Å²) in [5, 5.41) is 0. The Labute approximate surface area is 92.2 Å². The predicted molar refractivity (Wildman–Crippen MR) is 38.1 cm³/mol. The predicted octanol–water partition coefficient (Wildman–Crippen LogP) is 4.08. The molecule has 13 heteroatoms. The van der Waals surface area contributed by atoms with Crippen LogP contribution in [-0.4, -0.2) is 29.6 Å². The molecule has 0 aliphatic heterocycles. The molecular formula is C5H3F12P. The summed E-state index contributed by atoms with van der Waals surface area (Å²) in [6, 6.07) is 0. The van der Waals surface area contributed by atoms with Gasteiger partial charge in [0.25, 0.3) is 0 Å². The minimum absolute atomic E-state index is 4.81. The normalized spacial score (nSPS) is 16.2. The number of hydrogen-bond acceptors (Lipinski definition) is 0. The van der Waals surface area contributed by atoms with Gasteiger partial charge in [-0.1, -0.05) is 0 Å². The molecule has 0 heterocycles. The maximum absolute atomic E-state index is 12.3. The number of alkyl halides is 11. The summed E-state index contributed by atoms with van der Waals surface area (Å²) in [6.45, 7) is 0.